The number of benzene rings is 1. The molecule has 5 heteroatoms. The molecule has 0 atom stereocenters. The molecule has 1 aromatic carbocycles. The minimum Gasteiger partial charge on any atom is -0.491 e. The van der Waals surface area contributed by atoms with Crippen LogP contribution in [-0.2, 0) is 6.54 Å². The molecule has 5 nitrogen and oxygen atoms in total. The molecule has 0 saturated heterocycles. The van der Waals surface area contributed by atoms with Crippen molar-refractivity contribution in [3.8, 4) is 5.75 Å². The Bertz CT molecular complexity index is 457. The van der Waals surface area contributed by atoms with Gasteiger partial charge in [-0.3, -0.25) is 0 Å². The Balaban J connectivity index is 1.80. The van der Waals surface area contributed by atoms with E-state index in [9.17, 15) is 4.79 Å². The summed E-state index contributed by atoms with van der Waals surface area (Å²) in [5.74, 6) is 0.700. The maximum Gasteiger partial charge on any atom is 0.315 e. The molecule has 2 amide bonds. The highest BCUT2D eigenvalue weighted by Crippen LogP contribution is 2.18. The van der Waals surface area contributed by atoms with Gasteiger partial charge in [-0.25, -0.2) is 4.79 Å². The van der Waals surface area contributed by atoms with Crippen LogP contribution in [0.3, 0.4) is 0 Å². The Morgan fingerprint density at radius 3 is 2.64 bits per heavy atom. The largest absolute Gasteiger partial charge is 0.491 e. The number of urea groups is 1. The molecule has 1 aliphatic rings. The van der Waals surface area contributed by atoms with E-state index >= 15 is 0 Å². The number of hydrogen-bond acceptors (Lipinski definition) is 3. The first-order valence-electron chi connectivity index (χ1n) is 8.15. The zero-order chi connectivity index (χ0) is 15.6. The molecule has 1 aromatic rings. The Morgan fingerprint density at radius 1 is 1.18 bits per heavy atom. The monoisotopic (exact) mass is 306 g/mol. The Hall–Kier alpha value is -1.75. The van der Waals surface area contributed by atoms with E-state index in [0.717, 1.165) is 18.4 Å². The summed E-state index contributed by atoms with van der Waals surface area (Å²) in [6.45, 7) is 0.648. The summed E-state index contributed by atoms with van der Waals surface area (Å²) in [4.78, 5) is 12.0. The van der Waals surface area contributed by atoms with Gasteiger partial charge in [-0.1, -0.05) is 43.9 Å². The standard InChI is InChI=1S/C17H26N2O3/c20-11-12-22-16-10-6-5-7-14(16)13-18-17(21)19-15-8-3-1-2-4-9-15/h5-7,10,15,20H,1-4,8-9,11-13H2,(H2,18,19,21). The minimum atomic E-state index is -0.121. The smallest absolute Gasteiger partial charge is 0.315 e. The average Bonchev–Trinajstić information content (AvgIpc) is 2.80. The normalized spacial score (nSPS) is 15.9. The van der Waals surface area contributed by atoms with Crippen LogP contribution >= 0.6 is 0 Å². The lowest BCUT2D eigenvalue weighted by Crippen LogP contribution is -2.41. The zero-order valence-electron chi connectivity index (χ0n) is 13.0. The van der Waals surface area contributed by atoms with Crippen molar-refractivity contribution in [3.63, 3.8) is 0 Å². The molecular formula is C17H26N2O3. The Kier molecular flexibility index (Phi) is 7.03. The van der Waals surface area contributed by atoms with E-state index in [1.54, 1.807) is 0 Å². The highest BCUT2D eigenvalue weighted by Gasteiger charge is 2.14. The number of ether oxygens (including phenoxy) is 1. The van der Waals surface area contributed by atoms with Gasteiger partial charge in [-0.2, -0.15) is 0 Å². The Morgan fingerprint density at radius 2 is 1.91 bits per heavy atom. The lowest BCUT2D eigenvalue weighted by molar-refractivity contribution is 0.200. The van der Waals surface area contributed by atoms with Gasteiger partial charge in [0.2, 0.25) is 0 Å². The molecule has 122 valence electrons. The van der Waals surface area contributed by atoms with E-state index in [1.165, 1.54) is 25.7 Å². The van der Waals surface area contributed by atoms with Gasteiger partial charge in [0.1, 0.15) is 12.4 Å². The highest BCUT2D eigenvalue weighted by atomic mass is 16.5. The number of carbonyl (C=O) groups is 1. The number of amides is 2. The number of hydrogen-bond donors (Lipinski definition) is 3. The third-order valence-corrected chi connectivity index (χ3v) is 3.95. The van der Waals surface area contributed by atoms with E-state index in [0.29, 0.717) is 18.3 Å². The summed E-state index contributed by atoms with van der Waals surface area (Å²) in [5, 5.41) is 14.8. The lowest BCUT2D eigenvalue weighted by Gasteiger charge is -2.17. The van der Waals surface area contributed by atoms with Crippen LogP contribution in [0.1, 0.15) is 44.1 Å². The number of nitrogens with one attached hydrogen (secondary N) is 2. The predicted molar refractivity (Wildman–Crippen MR) is 85.9 cm³/mol. The van der Waals surface area contributed by atoms with Crippen molar-refractivity contribution >= 4 is 6.03 Å². The fourth-order valence-corrected chi connectivity index (χ4v) is 2.78. The predicted octanol–water partition coefficient (Wildman–Crippen LogP) is 2.58. The molecule has 0 heterocycles. The Labute approximate surface area is 132 Å². The minimum absolute atomic E-state index is 0.0239. The van der Waals surface area contributed by atoms with E-state index in [2.05, 4.69) is 10.6 Å². The second kappa shape index (κ2) is 9.30. The number of para-hydroxylation sites is 1. The molecule has 2 rings (SSSR count). The summed E-state index contributed by atoms with van der Waals surface area (Å²) in [6, 6.07) is 7.72. The molecule has 0 bridgehead atoms. The molecule has 1 saturated carbocycles. The fourth-order valence-electron chi connectivity index (χ4n) is 2.78. The SMILES string of the molecule is O=C(NCc1ccccc1OCCO)NC1CCCCCC1. The van der Waals surface area contributed by atoms with Gasteiger partial charge in [0.05, 0.1) is 6.61 Å². The number of aliphatic hydroxyl groups excluding tert-OH is 1. The van der Waals surface area contributed by atoms with Crippen LogP contribution in [0.15, 0.2) is 24.3 Å². The second-order valence-corrected chi connectivity index (χ2v) is 5.70. The maximum atomic E-state index is 12.0. The number of aliphatic hydroxyl groups is 1. The number of rotatable bonds is 6. The van der Waals surface area contributed by atoms with Gasteiger partial charge in [-0.05, 0) is 18.9 Å². The van der Waals surface area contributed by atoms with Gasteiger partial charge in [0.15, 0.2) is 0 Å². The molecule has 0 aromatic heterocycles. The van der Waals surface area contributed by atoms with E-state index in [4.69, 9.17) is 9.84 Å². The van der Waals surface area contributed by atoms with Crippen LogP contribution < -0.4 is 15.4 Å². The first kappa shape index (κ1) is 16.6. The van der Waals surface area contributed by atoms with Gasteiger partial charge in [-0.15, -0.1) is 0 Å². The second-order valence-electron chi connectivity index (χ2n) is 5.70. The first-order chi connectivity index (χ1) is 10.8. The van der Waals surface area contributed by atoms with Crippen molar-refractivity contribution in [3.05, 3.63) is 29.8 Å². The van der Waals surface area contributed by atoms with Gasteiger partial charge >= 0.3 is 6.03 Å². The third-order valence-electron chi connectivity index (χ3n) is 3.95. The quantitative estimate of drug-likeness (QED) is 0.707. The van der Waals surface area contributed by atoms with Crippen LogP contribution in [-0.4, -0.2) is 30.4 Å². The maximum absolute atomic E-state index is 12.0. The number of carbonyl (C=O) groups excluding carboxylic acids is 1. The highest BCUT2D eigenvalue weighted by molar-refractivity contribution is 5.74. The molecule has 0 aliphatic heterocycles. The third kappa shape index (κ3) is 5.56. The van der Waals surface area contributed by atoms with Gasteiger partial charge in [0.25, 0.3) is 0 Å². The molecule has 0 spiro atoms. The van der Waals surface area contributed by atoms with Crippen molar-refractivity contribution < 1.29 is 14.6 Å². The van der Waals surface area contributed by atoms with Gasteiger partial charge < -0.3 is 20.5 Å². The van der Waals surface area contributed by atoms with Crippen LogP contribution in [0.5, 0.6) is 5.75 Å². The fraction of sp³-hybridized carbons (Fsp3) is 0.588. The molecule has 1 fully saturated rings. The van der Waals surface area contributed by atoms with Crippen molar-refractivity contribution in [1.29, 1.82) is 0 Å². The zero-order valence-corrected chi connectivity index (χ0v) is 13.0. The molecule has 3 N–H and O–H groups in total. The van der Waals surface area contributed by atoms with Crippen LogP contribution in [0.4, 0.5) is 4.79 Å². The summed E-state index contributed by atoms with van der Waals surface area (Å²) < 4.78 is 5.46. The van der Waals surface area contributed by atoms with Crippen molar-refractivity contribution in [2.45, 2.75) is 51.1 Å². The van der Waals surface area contributed by atoms with Crippen molar-refractivity contribution in [2.75, 3.05) is 13.2 Å². The summed E-state index contributed by atoms with van der Waals surface area (Å²) in [6.07, 6.45) is 7.09. The molecule has 0 radical (unpaired) electrons. The average molecular weight is 306 g/mol. The molecular weight excluding hydrogens is 280 g/mol. The van der Waals surface area contributed by atoms with Crippen LogP contribution in [0.25, 0.3) is 0 Å². The van der Waals surface area contributed by atoms with Gasteiger partial charge in [0, 0.05) is 18.2 Å². The molecule has 22 heavy (non-hydrogen) atoms. The van der Waals surface area contributed by atoms with E-state index in [-0.39, 0.29) is 19.2 Å². The molecule has 0 unspecified atom stereocenters. The van der Waals surface area contributed by atoms with Crippen molar-refractivity contribution in [2.24, 2.45) is 0 Å². The first-order valence-corrected chi connectivity index (χ1v) is 8.15. The van der Waals surface area contributed by atoms with Crippen LogP contribution in [0, 0.1) is 0 Å². The lowest BCUT2D eigenvalue weighted by atomic mass is 10.1. The van der Waals surface area contributed by atoms with Crippen molar-refractivity contribution in [1.82, 2.24) is 10.6 Å². The van der Waals surface area contributed by atoms with E-state index < -0.39 is 0 Å². The summed E-state index contributed by atoms with van der Waals surface area (Å²) in [5.41, 5.74) is 0.909. The van der Waals surface area contributed by atoms with Crippen LogP contribution in [0.2, 0.25) is 0 Å². The van der Waals surface area contributed by atoms with E-state index in [1.807, 2.05) is 24.3 Å². The topological polar surface area (TPSA) is 70.6 Å². The molecule has 1 aliphatic carbocycles. The summed E-state index contributed by atoms with van der Waals surface area (Å²) >= 11 is 0. The summed E-state index contributed by atoms with van der Waals surface area (Å²) in [7, 11) is 0.